The summed E-state index contributed by atoms with van der Waals surface area (Å²) in [6, 6.07) is 24.7. The van der Waals surface area contributed by atoms with Gasteiger partial charge < -0.3 is 9.72 Å². The fourth-order valence-corrected chi connectivity index (χ4v) is 4.17. The van der Waals surface area contributed by atoms with Gasteiger partial charge in [-0.25, -0.2) is 9.99 Å². The Balaban J connectivity index is 1.29. The first kappa shape index (κ1) is 22.3. The first-order valence-corrected chi connectivity index (χ1v) is 11.4. The molecular formula is C27H25N5O3. The summed E-state index contributed by atoms with van der Waals surface area (Å²) >= 11 is 0. The number of H-pyrrole nitrogens is 1. The number of hydrogen-bond acceptors (Lipinski definition) is 5. The highest BCUT2D eigenvalue weighted by molar-refractivity contribution is 6.03. The number of ether oxygens (including phenoxy) is 1. The number of imidazole rings is 1. The van der Waals surface area contributed by atoms with Gasteiger partial charge in [0.05, 0.1) is 29.9 Å². The van der Waals surface area contributed by atoms with Crippen LogP contribution in [0.4, 0.5) is 5.95 Å². The second-order valence-electron chi connectivity index (χ2n) is 8.29. The normalized spacial score (nSPS) is 15.2. The molecule has 1 aliphatic rings. The Kier molecular flexibility index (Phi) is 6.26. The summed E-state index contributed by atoms with van der Waals surface area (Å²) in [5.74, 6) is 0.614. The second-order valence-corrected chi connectivity index (χ2v) is 8.29. The number of rotatable bonds is 7. The zero-order chi connectivity index (χ0) is 24.2. The number of benzene rings is 3. The Hall–Kier alpha value is -4.46. The van der Waals surface area contributed by atoms with Crippen molar-refractivity contribution < 1.29 is 14.3 Å². The number of aromatic nitrogens is 2. The predicted molar refractivity (Wildman–Crippen MR) is 134 cm³/mol. The summed E-state index contributed by atoms with van der Waals surface area (Å²) in [6.07, 6.45) is 0.648. The van der Waals surface area contributed by atoms with Crippen LogP contribution in [0.25, 0.3) is 11.0 Å². The molecule has 1 atom stereocenters. The van der Waals surface area contributed by atoms with Gasteiger partial charge in [-0.1, -0.05) is 54.6 Å². The van der Waals surface area contributed by atoms with Crippen molar-refractivity contribution in [3.05, 3.63) is 90.0 Å². The number of hydrogen-bond donors (Lipinski definition) is 2. The van der Waals surface area contributed by atoms with Crippen molar-refractivity contribution in [2.75, 3.05) is 12.4 Å². The minimum atomic E-state index is -0.287. The molecule has 1 unspecified atom stereocenters. The SMILES string of the molecule is COc1ccc(C2CC(c3ccccc3)=NN2C(=O)CCC(=O)Nc2nc3ccccc3[nH]2)cc1. The minimum absolute atomic E-state index is 0.0257. The Labute approximate surface area is 202 Å². The van der Waals surface area contributed by atoms with Crippen molar-refractivity contribution in [3.8, 4) is 5.75 Å². The van der Waals surface area contributed by atoms with Gasteiger partial charge >= 0.3 is 0 Å². The van der Waals surface area contributed by atoms with Gasteiger partial charge in [-0.2, -0.15) is 5.10 Å². The molecule has 0 bridgehead atoms. The first-order valence-electron chi connectivity index (χ1n) is 11.4. The van der Waals surface area contributed by atoms with E-state index in [2.05, 4.69) is 20.4 Å². The number of aromatic amines is 1. The van der Waals surface area contributed by atoms with E-state index in [1.165, 1.54) is 5.01 Å². The summed E-state index contributed by atoms with van der Waals surface area (Å²) in [7, 11) is 1.62. The molecule has 1 aliphatic heterocycles. The molecule has 0 fully saturated rings. The summed E-state index contributed by atoms with van der Waals surface area (Å²) in [4.78, 5) is 33.2. The average molecular weight is 468 g/mol. The molecule has 0 radical (unpaired) electrons. The highest BCUT2D eigenvalue weighted by Gasteiger charge is 2.33. The highest BCUT2D eigenvalue weighted by Crippen LogP contribution is 2.34. The Morgan fingerprint density at radius 1 is 1.00 bits per heavy atom. The van der Waals surface area contributed by atoms with E-state index in [1.54, 1.807) is 7.11 Å². The quantitative estimate of drug-likeness (QED) is 0.413. The Bertz CT molecular complexity index is 1350. The van der Waals surface area contributed by atoms with Crippen LogP contribution in [0.5, 0.6) is 5.75 Å². The summed E-state index contributed by atoms with van der Waals surface area (Å²) in [6.45, 7) is 0. The van der Waals surface area contributed by atoms with E-state index in [-0.39, 0.29) is 30.7 Å². The number of carbonyl (C=O) groups is 2. The van der Waals surface area contributed by atoms with E-state index in [0.717, 1.165) is 33.6 Å². The Morgan fingerprint density at radius 2 is 1.74 bits per heavy atom. The molecule has 1 aromatic heterocycles. The molecule has 4 aromatic rings. The molecular weight excluding hydrogens is 442 g/mol. The zero-order valence-corrected chi connectivity index (χ0v) is 19.3. The minimum Gasteiger partial charge on any atom is -0.497 e. The Morgan fingerprint density at radius 3 is 2.49 bits per heavy atom. The lowest BCUT2D eigenvalue weighted by Gasteiger charge is -2.22. The monoisotopic (exact) mass is 467 g/mol. The molecule has 0 spiro atoms. The van der Waals surface area contributed by atoms with E-state index < -0.39 is 0 Å². The van der Waals surface area contributed by atoms with Crippen LogP contribution in [0.1, 0.15) is 36.4 Å². The van der Waals surface area contributed by atoms with Gasteiger partial charge in [0.25, 0.3) is 0 Å². The molecule has 8 heteroatoms. The maximum absolute atomic E-state index is 13.2. The van der Waals surface area contributed by atoms with E-state index in [0.29, 0.717) is 12.4 Å². The molecule has 2 heterocycles. The van der Waals surface area contributed by atoms with Crippen molar-refractivity contribution >= 4 is 34.5 Å². The van der Waals surface area contributed by atoms with Gasteiger partial charge in [0.1, 0.15) is 5.75 Å². The average Bonchev–Trinajstić information content (AvgIpc) is 3.52. The number of carbonyl (C=O) groups excluding carboxylic acids is 2. The molecule has 176 valence electrons. The van der Waals surface area contributed by atoms with Crippen LogP contribution < -0.4 is 10.1 Å². The van der Waals surface area contributed by atoms with Crippen molar-refractivity contribution in [3.63, 3.8) is 0 Å². The van der Waals surface area contributed by atoms with Crippen LogP contribution >= 0.6 is 0 Å². The zero-order valence-electron chi connectivity index (χ0n) is 19.3. The van der Waals surface area contributed by atoms with Gasteiger partial charge in [0.2, 0.25) is 17.8 Å². The molecule has 2 N–H and O–H groups in total. The summed E-state index contributed by atoms with van der Waals surface area (Å²) < 4.78 is 5.27. The molecule has 2 amide bonds. The molecule has 0 aliphatic carbocycles. The van der Waals surface area contributed by atoms with Crippen molar-refractivity contribution in [1.29, 1.82) is 0 Å². The molecule has 0 saturated carbocycles. The number of para-hydroxylation sites is 2. The summed E-state index contributed by atoms with van der Waals surface area (Å²) in [5, 5.41) is 8.92. The molecule has 0 saturated heterocycles. The van der Waals surface area contributed by atoms with Gasteiger partial charge in [-0.3, -0.25) is 14.9 Å². The summed E-state index contributed by atoms with van der Waals surface area (Å²) in [5.41, 5.74) is 4.37. The van der Waals surface area contributed by atoms with Gasteiger partial charge in [-0.05, 0) is 35.4 Å². The number of nitrogens with zero attached hydrogens (tertiary/aromatic N) is 3. The van der Waals surface area contributed by atoms with E-state index in [1.807, 2.05) is 78.9 Å². The lowest BCUT2D eigenvalue weighted by atomic mass is 9.98. The van der Waals surface area contributed by atoms with Crippen LogP contribution in [-0.2, 0) is 9.59 Å². The third-order valence-corrected chi connectivity index (χ3v) is 5.99. The molecule has 35 heavy (non-hydrogen) atoms. The van der Waals surface area contributed by atoms with Crippen LogP contribution in [0.3, 0.4) is 0 Å². The third-order valence-electron chi connectivity index (χ3n) is 5.99. The standard InChI is InChI=1S/C27H25N5O3/c1-35-20-13-11-19(12-14-20)24-17-23(18-7-3-2-4-8-18)31-32(24)26(34)16-15-25(33)30-27-28-21-9-5-6-10-22(21)29-27/h2-14,24H,15-17H2,1H3,(H2,28,29,30,33). The number of methoxy groups -OCH3 is 1. The maximum Gasteiger partial charge on any atom is 0.243 e. The van der Waals surface area contributed by atoms with Gasteiger partial charge in [-0.15, -0.1) is 0 Å². The lowest BCUT2D eigenvalue weighted by Crippen LogP contribution is -2.28. The number of anilines is 1. The smallest absolute Gasteiger partial charge is 0.243 e. The second kappa shape index (κ2) is 9.80. The van der Waals surface area contributed by atoms with Crippen LogP contribution in [0, 0.1) is 0 Å². The predicted octanol–water partition coefficient (Wildman–Crippen LogP) is 4.67. The van der Waals surface area contributed by atoms with E-state index in [4.69, 9.17) is 4.74 Å². The van der Waals surface area contributed by atoms with E-state index in [9.17, 15) is 9.59 Å². The number of amides is 2. The molecule has 3 aromatic carbocycles. The molecule has 5 rings (SSSR count). The number of nitrogens with one attached hydrogen (secondary N) is 2. The highest BCUT2D eigenvalue weighted by atomic mass is 16.5. The van der Waals surface area contributed by atoms with E-state index >= 15 is 0 Å². The fourth-order valence-electron chi connectivity index (χ4n) is 4.17. The van der Waals surface area contributed by atoms with Gasteiger partial charge in [0, 0.05) is 19.3 Å². The topological polar surface area (TPSA) is 99.7 Å². The van der Waals surface area contributed by atoms with Gasteiger partial charge in [0.15, 0.2) is 0 Å². The number of fused-ring (bicyclic) bond motifs is 1. The first-order chi connectivity index (χ1) is 17.1. The maximum atomic E-state index is 13.2. The van der Waals surface area contributed by atoms with Crippen molar-refractivity contribution in [1.82, 2.24) is 15.0 Å². The number of hydrazone groups is 1. The molecule has 8 nitrogen and oxygen atoms in total. The lowest BCUT2D eigenvalue weighted by molar-refractivity contribution is -0.134. The fraction of sp³-hybridized carbons (Fsp3) is 0.185. The van der Waals surface area contributed by atoms with Crippen LogP contribution in [0.2, 0.25) is 0 Å². The van der Waals surface area contributed by atoms with Crippen LogP contribution in [0.15, 0.2) is 84.0 Å². The van der Waals surface area contributed by atoms with Crippen molar-refractivity contribution in [2.45, 2.75) is 25.3 Å². The van der Waals surface area contributed by atoms with Crippen LogP contribution in [-0.4, -0.2) is 39.6 Å². The largest absolute Gasteiger partial charge is 0.497 e. The third kappa shape index (κ3) is 4.91. The van der Waals surface area contributed by atoms with Crippen molar-refractivity contribution in [2.24, 2.45) is 5.10 Å².